The molecule has 7 N–H and O–H groups in total. The molecular weight excluding hydrogens is 308 g/mol. The van der Waals surface area contributed by atoms with Gasteiger partial charge in [0.1, 0.15) is 5.66 Å². The fourth-order valence-electron chi connectivity index (χ4n) is 1.12. The van der Waals surface area contributed by atoms with Crippen molar-refractivity contribution in [2.45, 2.75) is 18.7 Å². The maximum absolute atomic E-state index is 9.35. The highest BCUT2D eigenvalue weighted by atomic mass is 35.5. The van der Waals surface area contributed by atoms with Gasteiger partial charge in [0.2, 0.25) is 0 Å². The molecule has 0 amide bonds. The van der Waals surface area contributed by atoms with E-state index in [9.17, 15) is 5.11 Å². The SMILES string of the molecule is CC(O)C(N)(N)c1ccccc1N.Cl.Cl.Cl.Cl. The Morgan fingerprint density at radius 1 is 1.06 bits per heavy atom. The second-order valence-corrected chi connectivity index (χ2v) is 3.20. The van der Waals surface area contributed by atoms with Crippen molar-refractivity contribution < 1.29 is 5.11 Å². The van der Waals surface area contributed by atoms with Crippen molar-refractivity contribution in [3.05, 3.63) is 29.8 Å². The van der Waals surface area contributed by atoms with Gasteiger partial charge in [-0.15, -0.1) is 49.6 Å². The zero-order valence-corrected chi connectivity index (χ0v) is 12.5. The van der Waals surface area contributed by atoms with Crippen LogP contribution < -0.4 is 17.2 Å². The third kappa shape index (κ3) is 5.97. The Kier molecular flexibility index (Phi) is 15.2. The third-order valence-electron chi connectivity index (χ3n) is 2.12. The topological polar surface area (TPSA) is 98.3 Å². The van der Waals surface area contributed by atoms with Crippen molar-refractivity contribution in [1.82, 2.24) is 0 Å². The Bertz CT molecular complexity index is 310. The highest BCUT2D eigenvalue weighted by Gasteiger charge is 2.29. The van der Waals surface area contributed by atoms with E-state index < -0.39 is 11.8 Å². The summed E-state index contributed by atoms with van der Waals surface area (Å²) in [6, 6.07) is 6.98. The lowest BCUT2D eigenvalue weighted by molar-refractivity contribution is 0.104. The van der Waals surface area contributed by atoms with E-state index >= 15 is 0 Å². The Balaban J connectivity index is -0.000000211. The molecular formula is C9H19Cl4N3O. The second-order valence-electron chi connectivity index (χ2n) is 3.20. The van der Waals surface area contributed by atoms with Crippen LogP contribution in [0.25, 0.3) is 0 Å². The molecule has 0 bridgehead atoms. The van der Waals surface area contributed by atoms with Crippen molar-refractivity contribution in [3.63, 3.8) is 0 Å². The first-order valence-electron chi connectivity index (χ1n) is 4.07. The number of hydrogen-bond acceptors (Lipinski definition) is 4. The molecule has 0 fully saturated rings. The Hall–Kier alpha value is 0.0600. The number of rotatable bonds is 2. The quantitative estimate of drug-likeness (QED) is 0.488. The molecule has 1 unspecified atom stereocenters. The van der Waals surface area contributed by atoms with Crippen LogP contribution in [0.2, 0.25) is 0 Å². The summed E-state index contributed by atoms with van der Waals surface area (Å²) in [6.07, 6.45) is -0.850. The second kappa shape index (κ2) is 10.0. The van der Waals surface area contributed by atoms with E-state index in [1.165, 1.54) is 6.92 Å². The molecule has 0 aromatic heterocycles. The number of aliphatic hydroxyl groups is 1. The molecule has 1 aromatic rings. The molecule has 0 aliphatic heterocycles. The lowest BCUT2D eigenvalue weighted by atomic mass is 9.95. The van der Waals surface area contributed by atoms with Gasteiger partial charge in [0.15, 0.2) is 0 Å². The molecule has 0 aliphatic rings. The highest BCUT2D eigenvalue weighted by molar-refractivity contribution is 5.86. The van der Waals surface area contributed by atoms with E-state index in [0.717, 1.165) is 0 Å². The van der Waals surface area contributed by atoms with Gasteiger partial charge in [-0.2, -0.15) is 0 Å². The van der Waals surface area contributed by atoms with Crippen LogP contribution in [0.4, 0.5) is 5.69 Å². The van der Waals surface area contributed by atoms with Crippen molar-refractivity contribution in [2.24, 2.45) is 11.5 Å². The molecule has 1 rings (SSSR count). The first kappa shape index (κ1) is 25.8. The normalized spacial score (nSPS) is 10.8. The number of halogens is 4. The minimum atomic E-state index is -1.29. The summed E-state index contributed by atoms with van der Waals surface area (Å²) in [5.41, 5.74) is 16.9. The average Bonchev–Trinajstić information content (AvgIpc) is 2.04. The van der Waals surface area contributed by atoms with Gasteiger partial charge in [-0.25, -0.2) is 0 Å². The maximum Gasteiger partial charge on any atom is 0.118 e. The Labute approximate surface area is 126 Å². The molecule has 0 spiro atoms. The van der Waals surface area contributed by atoms with E-state index in [0.29, 0.717) is 11.3 Å². The first-order valence-corrected chi connectivity index (χ1v) is 4.07. The van der Waals surface area contributed by atoms with Gasteiger partial charge >= 0.3 is 0 Å². The number of aliphatic hydroxyl groups excluding tert-OH is 1. The van der Waals surface area contributed by atoms with E-state index in [2.05, 4.69) is 0 Å². The van der Waals surface area contributed by atoms with E-state index in [1.54, 1.807) is 24.3 Å². The van der Waals surface area contributed by atoms with E-state index in [4.69, 9.17) is 17.2 Å². The lowest BCUT2D eigenvalue weighted by Crippen LogP contribution is -2.54. The van der Waals surface area contributed by atoms with Crippen molar-refractivity contribution in [1.29, 1.82) is 0 Å². The fraction of sp³-hybridized carbons (Fsp3) is 0.333. The monoisotopic (exact) mass is 325 g/mol. The summed E-state index contributed by atoms with van der Waals surface area (Å²) in [5.74, 6) is 0. The molecule has 4 nitrogen and oxygen atoms in total. The number of hydrogen-bond donors (Lipinski definition) is 4. The number of benzene rings is 1. The molecule has 0 heterocycles. The smallest absolute Gasteiger partial charge is 0.118 e. The lowest BCUT2D eigenvalue weighted by Gasteiger charge is -2.29. The molecule has 0 saturated carbocycles. The standard InChI is InChI=1S/C9H15N3O.4ClH/c1-6(13)9(11,12)7-4-2-3-5-8(7)10;;;;/h2-6,13H,10-12H2,1H3;4*1H. The molecule has 8 heteroatoms. The van der Waals surface area contributed by atoms with Crippen LogP contribution in [0, 0.1) is 0 Å². The van der Waals surface area contributed by atoms with Gasteiger partial charge in [-0.1, -0.05) is 18.2 Å². The third-order valence-corrected chi connectivity index (χ3v) is 2.12. The minimum Gasteiger partial charge on any atom is -0.398 e. The number of para-hydroxylation sites is 1. The zero-order chi connectivity index (χ0) is 10.1. The van der Waals surface area contributed by atoms with Gasteiger partial charge < -0.3 is 22.3 Å². The van der Waals surface area contributed by atoms with Gasteiger partial charge in [0, 0.05) is 11.3 Å². The van der Waals surface area contributed by atoms with Crippen LogP contribution in [-0.2, 0) is 5.66 Å². The number of nitrogens with two attached hydrogens (primary N) is 3. The molecule has 104 valence electrons. The largest absolute Gasteiger partial charge is 0.398 e. The summed E-state index contributed by atoms with van der Waals surface area (Å²) >= 11 is 0. The molecule has 0 radical (unpaired) electrons. The van der Waals surface area contributed by atoms with Crippen LogP contribution in [-0.4, -0.2) is 11.2 Å². The summed E-state index contributed by atoms with van der Waals surface area (Å²) < 4.78 is 0. The van der Waals surface area contributed by atoms with E-state index in [-0.39, 0.29) is 49.6 Å². The molecule has 17 heavy (non-hydrogen) atoms. The predicted molar refractivity (Wildman–Crippen MR) is 81.6 cm³/mol. The molecule has 0 aliphatic carbocycles. The fourth-order valence-corrected chi connectivity index (χ4v) is 1.12. The highest BCUT2D eigenvalue weighted by Crippen LogP contribution is 2.22. The van der Waals surface area contributed by atoms with Crippen molar-refractivity contribution >= 4 is 55.3 Å². The van der Waals surface area contributed by atoms with Crippen LogP contribution in [0.1, 0.15) is 12.5 Å². The summed E-state index contributed by atoms with van der Waals surface area (Å²) in [6.45, 7) is 1.53. The first-order chi connectivity index (χ1) is 5.96. The van der Waals surface area contributed by atoms with Gasteiger partial charge in [-0.05, 0) is 13.0 Å². The van der Waals surface area contributed by atoms with Gasteiger partial charge in [0.05, 0.1) is 6.10 Å². The van der Waals surface area contributed by atoms with Crippen LogP contribution >= 0.6 is 49.6 Å². The van der Waals surface area contributed by atoms with Gasteiger partial charge in [0.25, 0.3) is 0 Å². The Morgan fingerprint density at radius 2 is 1.47 bits per heavy atom. The number of anilines is 1. The zero-order valence-electron chi connectivity index (χ0n) is 9.20. The predicted octanol–water partition coefficient (Wildman–Crippen LogP) is 1.41. The molecule has 0 saturated heterocycles. The molecule has 1 atom stereocenters. The maximum atomic E-state index is 9.35. The van der Waals surface area contributed by atoms with Crippen molar-refractivity contribution in [2.75, 3.05) is 5.73 Å². The van der Waals surface area contributed by atoms with E-state index in [1.807, 2.05) is 0 Å². The number of nitrogen functional groups attached to an aromatic ring is 1. The van der Waals surface area contributed by atoms with Crippen LogP contribution in [0.3, 0.4) is 0 Å². The summed E-state index contributed by atoms with van der Waals surface area (Å²) in [7, 11) is 0. The van der Waals surface area contributed by atoms with Crippen LogP contribution in [0.5, 0.6) is 0 Å². The molecule has 1 aromatic carbocycles. The summed E-state index contributed by atoms with van der Waals surface area (Å²) in [4.78, 5) is 0. The minimum absolute atomic E-state index is 0. The summed E-state index contributed by atoms with van der Waals surface area (Å²) in [5, 5.41) is 9.35. The van der Waals surface area contributed by atoms with Crippen LogP contribution in [0.15, 0.2) is 24.3 Å². The average molecular weight is 327 g/mol. The van der Waals surface area contributed by atoms with Gasteiger partial charge in [-0.3, -0.25) is 0 Å². The Morgan fingerprint density at radius 3 is 1.82 bits per heavy atom. The van der Waals surface area contributed by atoms with Crippen molar-refractivity contribution in [3.8, 4) is 0 Å².